The van der Waals surface area contributed by atoms with Gasteiger partial charge >= 0.3 is 0 Å². The predicted octanol–water partition coefficient (Wildman–Crippen LogP) is 4.17. The molecule has 0 saturated heterocycles. The number of nitrogen functional groups attached to an aromatic ring is 1. The van der Waals surface area contributed by atoms with Crippen LogP contribution in [-0.2, 0) is 6.42 Å². The molecule has 2 N–H and O–H groups in total. The van der Waals surface area contributed by atoms with E-state index in [1.54, 1.807) is 30.0 Å². The minimum absolute atomic E-state index is 0.117. The Morgan fingerprint density at radius 3 is 2.50 bits per heavy atom. The number of halogens is 1. The van der Waals surface area contributed by atoms with Gasteiger partial charge in [0.15, 0.2) is 0 Å². The lowest BCUT2D eigenvalue weighted by Crippen LogP contribution is -1.91. The van der Waals surface area contributed by atoms with Crippen molar-refractivity contribution in [2.24, 2.45) is 0 Å². The van der Waals surface area contributed by atoms with Gasteiger partial charge in [-0.3, -0.25) is 10.1 Å². The van der Waals surface area contributed by atoms with E-state index in [2.05, 4.69) is 0 Å². The second kappa shape index (κ2) is 6.63. The SMILES string of the molecule is Nc1ccc(SCCc2ccc([N+](=O)[O-])cc2)cc1Cl. The van der Waals surface area contributed by atoms with E-state index in [4.69, 9.17) is 17.3 Å². The van der Waals surface area contributed by atoms with E-state index in [1.807, 2.05) is 12.1 Å². The molecule has 0 fully saturated rings. The Morgan fingerprint density at radius 2 is 1.90 bits per heavy atom. The summed E-state index contributed by atoms with van der Waals surface area (Å²) >= 11 is 7.63. The Hall–Kier alpha value is -1.72. The van der Waals surface area contributed by atoms with Crippen LogP contribution in [0.5, 0.6) is 0 Å². The molecule has 2 rings (SSSR count). The van der Waals surface area contributed by atoms with Crippen molar-refractivity contribution >= 4 is 34.7 Å². The fourth-order valence-electron chi connectivity index (χ4n) is 1.67. The van der Waals surface area contributed by atoms with Crippen LogP contribution >= 0.6 is 23.4 Å². The molecule has 0 aliphatic heterocycles. The Bertz CT molecular complexity index is 617. The highest BCUT2D eigenvalue weighted by Crippen LogP contribution is 2.26. The van der Waals surface area contributed by atoms with Crippen LogP contribution in [0, 0.1) is 10.1 Å². The highest BCUT2D eigenvalue weighted by molar-refractivity contribution is 7.99. The van der Waals surface area contributed by atoms with Gasteiger partial charge in [0.05, 0.1) is 15.6 Å². The van der Waals surface area contributed by atoms with Crippen LogP contribution in [0.15, 0.2) is 47.4 Å². The molecule has 0 amide bonds. The Kier molecular flexibility index (Phi) is 4.87. The van der Waals surface area contributed by atoms with Crippen LogP contribution in [0.25, 0.3) is 0 Å². The number of nitro groups is 1. The second-order valence-corrected chi connectivity index (χ2v) is 5.78. The molecule has 0 aliphatic rings. The fourth-order valence-corrected chi connectivity index (χ4v) is 2.85. The van der Waals surface area contributed by atoms with Gasteiger partial charge in [0.2, 0.25) is 0 Å². The molecule has 6 heteroatoms. The Balaban J connectivity index is 1.89. The van der Waals surface area contributed by atoms with Crippen molar-refractivity contribution < 1.29 is 4.92 Å². The molecule has 0 spiro atoms. The molecule has 20 heavy (non-hydrogen) atoms. The smallest absolute Gasteiger partial charge is 0.269 e. The molecule has 0 unspecified atom stereocenters. The van der Waals surface area contributed by atoms with Gasteiger partial charge in [0.25, 0.3) is 5.69 Å². The second-order valence-electron chi connectivity index (χ2n) is 4.21. The molecule has 4 nitrogen and oxygen atoms in total. The van der Waals surface area contributed by atoms with Gasteiger partial charge in [-0.1, -0.05) is 23.7 Å². The molecular weight excluding hydrogens is 296 g/mol. The lowest BCUT2D eigenvalue weighted by Gasteiger charge is -2.04. The van der Waals surface area contributed by atoms with E-state index in [1.165, 1.54) is 12.1 Å². The molecule has 0 bridgehead atoms. The fraction of sp³-hybridized carbons (Fsp3) is 0.143. The van der Waals surface area contributed by atoms with E-state index in [0.717, 1.165) is 22.6 Å². The number of anilines is 1. The number of hydrogen-bond acceptors (Lipinski definition) is 4. The van der Waals surface area contributed by atoms with Crippen LogP contribution in [0.3, 0.4) is 0 Å². The van der Waals surface area contributed by atoms with E-state index in [9.17, 15) is 10.1 Å². The number of benzene rings is 2. The van der Waals surface area contributed by atoms with Crippen molar-refractivity contribution in [2.45, 2.75) is 11.3 Å². The summed E-state index contributed by atoms with van der Waals surface area (Å²) in [6, 6.07) is 12.2. The molecule has 0 atom stereocenters. The summed E-state index contributed by atoms with van der Waals surface area (Å²) in [6.07, 6.45) is 0.838. The first-order valence-electron chi connectivity index (χ1n) is 5.97. The first-order valence-corrected chi connectivity index (χ1v) is 7.34. The van der Waals surface area contributed by atoms with Gasteiger partial charge in [-0.05, 0) is 30.2 Å². The summed E-state index contributed by atoms with van der Waals surface area (Å²) in [5, 5.41) is 11.1. The van der Waals surface area contributed by atoms with Crippen LogP contribution in [0.1, 0.15) is 5.56 Å². The van der Waals surface area contributed by atoms with Gasteiger partial charge in [-0.25, -0.2) is 0 Å². The minimum Gasteiger partial charge on any atom is -0.398 e. The number of aryl methyl sites for hydroxylation is 1. The summed E-state index contributed by atoms with van der Waals surface area (Å²) < 4.78 is 0. The zero-order valence-corrected chi connectivity index (χ0v) is 12.2. The zero-order chi connectivity index (χ0) is 14.5. The topological polar surface area (TPSA) is 69.2 Å². The van der Waals surface area contributed by atoms with Crippen molar-refractivity contribution in [2.75, 3.05) is 11.5 Å². The minimum atomic E-state index is -0.394. The third-order valence-corrected chi connectivity index (χ3v) is 4.10. The van der Waals surface area contributed by atoms with E-state index >= 15 is 0 Å². The number of hydrogen-bond donors (Lipinski definition) is 1. The van der Waals surface area contributed by atoms with Crippen molar-refractivity contribution in [3.05, 3.63) is 63.2 Å². The average Bonchev–Trinajstić information content (AvgIpc) is 2.43. The highest BCUT2D eigenvalue weighted by atomic mass is 35.5. The highest BCUT2D eigenvalue weighted by Gasteiger charge is 2.04. The molecule has 2 aromatic carbocycles. The van der Waals surface area contributed by atoms with Crippen LogP contribution in [-0.4, -0.2) is 10.7 Å². The Labute approximate surface area is 126 Å². The Morgan fingerprint density at radius 1 is 1.20 bits per heavy atom. The normalized spacial score (nSPS) is 10.4. The van der Waals surface area contributed by atoms with Gasteiger partial charge in [0, 0.05) is 22.8 Å². The number of nitrogens with zero attached hydrogens (tertiary/aromatic N) is 1. The summed E-state index contributed by atoms with van der Waals surface area (Å²) in [6.45, 7) is 0. The summed E-state index contributed by atoms with van der Waals surface area (Å²) in [7, 11) is 0. The number of rotatable bonds is 5. The largest absolute Gasteiger partial charge is 0.398 e. The van der Waals surface area contributed by atoms with E-state index < -0.39 is 4.92 Å². The lowest BCUT2D eigenvalue weighted by atomic mass is 10.1. The van der Waals surface area contributed by atoms with Gasteiger partial charge < -0.3 is 5.73 Å². The van der Waals surface area contributed by atoms with Crippen molar-refractivity contribution in [1.29, 1.82) is 0 Å². The molecular formula is C14H13ClN2O2S. The van der Waals surface area contributed by atoms with Gasteiger partial charge in [-0.2, -0.15) is 0 Å². The maximum atomic E-state index is 10.5. The van der Waals surface area contributed by atoms with Crippen LogP contribution in [0.2, 0.25) is 5.02 Å². The summed E-state index contributed by atoms with van der Waals surface area (Å²) in [4.78, 5) is 11.2. The maximum absolute atomic E-state index is 10.5. The van der Waals surface area contributed by atoms with Crippen molar-refractivity contribution in [3.8, 4) is 0 Å². The number of nitrogens with two attached hydrogens (primary N) is 1. The van der Waals surface area contributed by atoms with Crippen LogP contribution in [0.4, 0.5) is 11.4 Å². The molecule has 0 aliphatic carbocycles. The monoisotopic (exact) mass is 308 g/mol. The summed E-state index contributed by atoms with van der Waals surface area (Å²) in [5.74, 6) is 0.873. The quantitative estimate of drug-likeness (QED) is 0.389. The van der Waals surface area contributed by atoms with Gasteiger partial charge in [0.1, 0.15) is 0 Å². The number of nitro benzene ring substituents is 1. The first-order chi connectivity index (χ1) is 9.56. The lowest BCUT2D eigenvalue weighted by molar-refractivity contribution is -0.384. The molecule has 0 heterocycles. The van der Waals surface area contributed by atoms with Crippen LogP contribution < -0.4 is 5.73 Å². The first kappa shape index (κ1) is 14.7. The third-order valence-electron chi connectivity index (χ3n) is 2.78. The van der Waals surface area contributed by atoms with E-state index in [-0.39, 0.29) is 5.69 Å². The molecule has 0 radical (unpaired) electrons. The number of non-ortho nitro benzene ring substituents is 1. The predicted molar refractivity (Wildman–Crippen MR) is 83.4 cm³/mol. The molecule has 2 aromatic rings. The molecule has 0 aromatic heterocycles. The third kappa shape index (κ3) is 3.88. The standard InChI is InChI=1S/C14H13ClN2O2S/c15-13-9-12(5-6-14(13)16)20-8-7-10-1-3-11(4-2-10)17(18)19/h1-6,9H,7-8,16H2. The molecule has 104 valence electrons. The summed E-state index contributed by atoms with van der Waals surface area (Å²) in [5.41, 5.74) is 7.42. The van der Waals surface area contributed by atoms with Crippen molar-refractivity contribution in [3.63, 3.8) is 0 Å². The van der Waals surface area contributed by atoms with E-state index in [0.29, 0.717) is 10.7 Å². The number of thioether (sulfide) groups is 1. The van der Waals surface area contributed by atoms with Gasteiger partial charge in [-0.15, -0.1) is 11.8 Å². The zero-order valence-electron chi connectivity index (χ0n) is 10.6. The average molecular weight is 309 g/mol. The maximum Gasteiger partial charge on any atom is 0.269 e. The van der Waals surface area contributed by atoms with Crippen molar-refractivity contribution in [1.82, 2.24) is 0 Å². The molecule has 0 saturated carbocycles.